The highest BCUT2D eigenvalue weighted by Crippen LogP contribution is 2.25. The lowest BCUT2D eigenvalue weighted by Gasteiger charge is -2.29. The van der Waals surface area contributed by atoms with Gasteiger partial charge >= 0.3 is 5.97 Å². The molecule has 100 valence electrons. The maximum atomic E-state index is 11.0. The van der Waals surface area contributed by atoms with Crippen molar-refractivity contribution in [3.8, 4) is 0 Å². The standard InChI is InChI=1S/C12H19N3O2S/c1-8(7-15-5-3-13-4-6-15)11-14-9(2)10(18-11)12(16)17/h8,13H,3-7H2,1-2H3,(H,16,17). The average Bonchev–Trinajstić information content (AvgIpc) is 2.73. The number of aromatic nitrogens is 1. The van der Waals surface area contributed by atoms with E-state index in [4.69, 9.17) is 5.11 Å². The third kappa shape index (κ3) is 3.07. The van der Waals surface area contributed by atoms with Gasteiger partial charge in [0.25, 0.3) is 0 Å². The van der Waals surface area contributed by atoms with Crippen molar-refractivity contribution in [2.75, 3.05) is 32.7 Å². The first-order chi connectivity index (χ1) is 8.58. The van der Waals surface area contributed by atoms with E-state index in [0.717, 1.165) is 37.7 Å². The van der Waals surface area contributed by atoms with Crippen LogP contribution in [0.2, 0.25) is 0 Å². The molecule has 2 heterocycles. The molecule has 1 saturated heterocycles. The van der Waals surface area contributed by atoms with Crippen molar-refractivity contribution >= 4 is 17.3 Å². The molecule has 0 bridgehead atoms. The lowest BCUT2D eigenvalue weighted by Crippen LogP contribution is -2.44. The highest BCUT2D eigenvalue weighted by Gasteiger charge is 2.20. The van der Waals surface area contributed by atoms with Crippen LogP contribution in [0.4, 0.5) is 0 Å². The fourth-order valence-corrected chi connectivity index (χ4v) is 3.13. The van der Waals surface area contributed by atoms with Gasteiger partial charge in [-0.15, -0.1) is 11.3 Å². The molecule has 0 aromatic carbocycles. The summed E-state index contributed by atoms with van der Waals surface area (Å²) in [5.41, 5.74) is 0.634. The maximum absolute atomic E-state index is 11.0. The topological polar surface area (TPSA) is 65.5 Å². The van der Waals surface area contributed by atoms with Crippen molar-refractivity contribution in [1.29, 1.82) is 0 Å². The molecule has 1 aromatic rings. The van der Waals surface area contributed by atoms with E-state index < -0.39 is 5.97 Å². The predicted octanol–water partition coefficient (Wildman–Crippen LogP) is 1.16. The Morgan fingerprint density at radius 1 is 1.56 bits per heavy atom. The summed E-state index contributed by atoms with van der Waals surface area (Å²) in [5.74, 6) is -0.578. The summed E-state index contributed by atoms with van der Waals surface area (Å²) in [4.78, 5) is 18.2. The summed E-state index contributed by atoms with van der Waals surface area (Å²) in [6.45, 7) is 9.01. The Balaban J connectivity index is 2.01. The van der Waals surface area contributed by atoms with Gasteiger partial charge in [-0.25, -0.2) is 9.78 Å². The Kier molecular flexibility index (Phi) is 4.31. The molecule has 18 heavy (non-hydrogen) atoms. The first kappa shape index (κ1) is 13.5. The van der Waals surface area contributed by atoms with E-state index in [1.54, 1.807) is 6.92 Å². The SMILES string of the molecule is Cc1nc(C(C)CN2CCNCC2)sc1C(=O)O. The smallest absolute Gasteiger partial charge is 0.347 e. The number of rotatable bonds is 4. The van der Waals surface area contributed by atoms with Crippen molar-refractivity contribution in [2.45, 2.75) is 19.8 Å². The van der Waals surface area contributed by atoms with Crippen molar-refractivity contribution in [2.24, 2.45) is 0 Å². The number of aryl methyl sites for hydroxylation is 1. The van der Waals surface area contributed by atoms with Crippen LogP contribution in [0.15, 0.2) is 0 Å². The van der Waals surface area contributed by atoms with Gasteiger partial charge in [-0.3, -0.25) is 0 Å². The summed E-state index contributed by atoms with van der Waals surface area (Å²) >= 11 is 1.31. The number of nitrogens with zero attached hydrogens (tertiary/aromatic N) is 2. The van der Waals surface area contributed by atoms with E-state index in [-0.39, 0.29) is 0 Å². The van der Waals surface area contributed by atoms with Crippen molar-refractivity contribution < 1.29 is 9.90 Å². The first-order valence-electron chi connectivity index (χ1n) is 6.21. The minimum atomic E-state index is -0.870. The van der Waals surface area contributed by atoms with Gasteiger partial charge in [-0.2, -0.15) is 0 Å². The minimum absolute atomic E-state index is 0.292. The van der Waals surface area contributed by atoms with Gasteiger partial charge in [0.1, 0.15) is 4.88 Å². The van der Waals surface area contributed by atoms with Gasteiger partial charge < -0.3 is 15.3 Å². The molecule has 1 unspecified atom stereocenters. The molecule has 5 nitrogen and oxygen atoms in total. The Morgan fingerprint density at radius 2 is 2.22 bits per heavy atom. The molecule has 0 saturated carbocycles. The van der Waals surface area contributed by atoms with E-state index in [1.165, 1.54) is 11.3 Å². The number of hydrogen-bond acceptors (Lipinski definition) is 5. The van der Waals surface area contributed by atoms with Gasteiger partial charge in [0.15, 0.2) is 0 Å². The number of carbonyl (C=O) groups is 1. The Hall–Kier alpha value is -0.980. The Bertz CT molecular complexity index is 427. The van der Waals surface area contributed by atoms with E-state index >= 15 is 0 Å². The molecule has 0 aliphatic carbocycles. The van der Waals surface area contributed by atoms with E-state index in [9.17, 15) is 4.79 Å². The number of aromatic carboxylic acids is 1. The summed E-state index contributed by atoms with van der Waals surface area (Å²) in [6.07, 6.45) is 0. The minimum Gasteiger partial charge on any atom is -0.477 e. The summed E-state index contributed by atoms with van der Waals surface area (Å²) in [7, 11) is 0. The van der Waals surface area contributed by atoms with Crippen molar-refractivity contribution in [3.63, 3.8) is 0 Å². The number of nitrogens with one attached hydrogen (secondary N) is 1. The van der Waals surface area contributed by atoms with Gasteiger partial charge in [0.2, 0.25) is 0 Å². The molecule has 1 atom stereocenters. The summed E-state index contributed by atoms with van der Waals surface area (Å²) < 4.78 is 0. The van der Waals surface area contributed by atoms with Crippen LogP contribution in [0, 0.1) is 6.92 Å². The molecule has 1 aliphatic heterocycles. The quantitative estimate of drug-likeness (QED) is 0.858. The van der Waals surface area contributed by atoms with Crippen LogP contribution in [0.1, 0.15) is 33.2 Å². The molecule has 2 N–H and O–H groups in total. The number of hydrogen-bond donors (Lipinski definition) is 2. The molecule has 1 aromatic heterocycles. The van der Waals surface area contributed by atoms with Crippen LogP contribution in [0.5, 0.6) is 0 Å². The molecule has 6 heteroatoms. The maximum Gasteiger partial charge on any atom is 0.347 e. The van der Waals surface area contributed by atoms with Crippen molar-refractivity contribution in [1.82, 2.24) is 15.2 Å². The second-order valence-corrected chi connectivity index (χ2v) is 5.75. The van der Waals surface area contributed by atoms with Crippen LogP contribution >= 0.6 is 11.3 Å². The van der Waals surface area contributed by atoms with E-state index in [2.05, 4.69) is 22.1 Å². The fourth-order valence-electron chi connectivity index (χ4n) is 2.19. The number of carboxylic acid groups (broad SMARTS) is 1. The molecular weight excluding hydrogens is 250 g/mol. The van der Waals surface area contributed by atoms with Gasteiger partial charge in [0.05, 0.1) is 10.7 Å². The molecule has 0 spiro atoms. The molecule has 1 fully saturated rings. The summed E-state index contributed by atoms with van der Waals surface area (Å²) in [5, 5.41) is 13.3. The zero-order chi connectivity index (χ0) is 13.1. The zero-order valence-corrected chi connectivity index (χ0v) is 11.6. The van der Waals surface area contributed by atoms with Crippen LogP contribution < -0.4 is 5.32 Å². The highest BCUT2D eigenvalue weighted by atomic mass is 32.1. The average molecular weight is 269 g/mol. The highest BCUT2D eigenvalue weighted by molar-refractivity contribution is 7.13. The second-order valence-electron chi connectivity index (χ2n) is 4.72. The van der Waals surface area contributed by atoms with Gasteiger partial charge in [0, 0.05) is 38.6 Å². The Morgan fingerprint density at radius 3 is 2.78 bits per heavy atom. The molecule has 2 rings (SSSR count). The molecule has 1 aliphatic rings. The monoisotopic (exact) mass is 269 g/mol. The third-order valence-electron chi connectivity index (χ3n) is 3.17. The number of thiazole rings is 1. The first-order valence-corrected chi connectivity index (χ1v) is 7.03. The summed E-state index contributed by atoms with van der Waals surface area (Å²) in [6, 6.07) is 0. The van der Waals surface area contributed by atoms with Crippen LogP contribution in [0.3, 0.4) is 0 Å². The second kappa shape index (κ2) is 5.77. The number of carboxylic acids is 1. The fraction of sp³-hybridized carbons (Fsp3) is 0.667. The predicted molar refractivity (Wildman–Crippen MR) is 71.5 cm³/mol. The van der Waals surface area contributed by atoms with Crippen LogP contribution in [0.25, 0.3) is 0 Å². The molecular formula is C12H19N3O2S. The van der Waals surface area contributed by atoms with E-state index in [1.807, 2.05) is 0 Å². The van der Waals surface area contributed by atoms with Crippen molar-refractivity contribution in [3.05, 3.63) is 15.6 Å². The lowest BCUT2D eigenvalue weighted by molar-refractivity contribution is 0.0701. The lowest BCUT2D eigenvalue weighted by atomic mass is 10.1. The van der Waals surface area contributed by atoms with Crippen LogP contribution in [-0.4, -0.2) is 53.7 Å². The normalized spacial score (nSPS) is 18.8. The molecule has 0 amide bonds. The van der Waals surface area contributed by atoms with Gasteiger partial charge in [-0.05, 0) is 6.92 Å². The van der Waals surface area contributed by atoms with Crippen LogP contribution in [-0.2, 0) is 0 Å². The third-order valence-corrected chi connectivity index (χ3v) is 4.55. The largest absolute Gasteiger partial charge is 0.477 e. The zero-order valence-electron chi connectivity index (χ0n) is 10.8. The van der Waals surface area contributed by atoms with Gasteiger partial charge in [-0.1, -0.05) is 6.92 Å². The van der Waals surface area contributed by atoms with E-state index in [0.29, 0.717) is 16.5 Å². The Labute approximate surface area is 111 Å². The number of piperazine rings is 1. The molecule has 0 radical (unpaired) electrons.